The molecule has 3 aromatic rings. The van der Waals surface area contributed by atoms with E-state index in [9.17, 15) is 5.11 Å². The van der Waals surface area contributed by atoms with Gasteiger partial charge in [0.2, 0.25) is 0 Å². The van der Waals surface area contributed by atoms with Crippen molar-refractivity contribution in [1.29, 1.82) is 0 Å². The number of nitrogens with zero attached hydrogens (tertiary/aromatic N) is 3. The number of aromatic hydroxyl groups is 1. The van der Waals surface area contributed by atoms with Crippen LogP contribution in [-0.2, 0) is 0 Å². The first kappa shape index (κ1) is 9.84. The molecule has 0 aliphatic rings. The smallest absolute Gasteiger partial charge is 0.141 e. The second-order valence-electron chi connectivity index (χ2n) is 3.98. The van der Waals surface area contributed by atoms with Crippen LogP contribution >= 0.6 is 0 Å². The first-order chi connectivity index (χ1) is 8.25. The first-order valence-electron chi connectivity index (χ1n) is 5.36. The molecule has 0 amide bonds. The standard InChI is InChI=1S/C13H11N3O/c1-9-6-7-12(13(17)8-9)16-11-5-3-2-4-10(11)14-15-16/h2-8,17H,1H3. The maximum atomic E-state index is 9.93. The van der Waals surface area contributed by atoms with Gasteiger partial charge in [-0.05, 0) is 36.8 Å². The summed E-state index contributed by atoms with van der Waals surface area (Å²) in [7, 11) is 0. The first-order valence-corrected chi connectivity index (χ1v) is 5.36. The fraction of sp³-hybridized carbons (Fsp3) is 0.0769. The maximum absolute atomic E-state index is 9.93. The quantitative estimate of drug-likeness (QED) is 0.692. The number of hydrogen-bond acceptors (Lipinski definition) is 3. The lowest BCUT2D eigenvalue weighted by Crippen LogP contribution is -1.97. The molecule has 0 unspecified atom stereocenters. The predicted molar refractivity (Wildman–Crippen MR) is 65.3 cm³/mol. The molecule has 0 radical (unpaired) electrons. The molecule has 0 saturated heterocycles. The van der Waals surface area contributed by atoms with Gasteiger partial charge in [0, 0.05) is 0 Å². The van der Waals surface area contributed by atoms with E-state index >= 15 is 0 Å². The largest absolute Gasteiger partial charge is 0.506 e. The zero-order valence-electron chi connectivity index (χ0n) is 9.33. The van der Waals surface area contributed by atoms with Crippen molar-refractivity contribution in [2.45, 2.75) is 6.92 Å². The van der Waals surface area contributed by atoms with Gasteiger partial charge in [0.25, 0.3) is 0 Å². The third-order valence-electron chi connectivity index (χ3n) is 2.71. The molecule has 0 aliphatic heterocycles. The van der Waals surface area contributed by atoms with Crippen molar-refractivity contribution in [3.8, 4) is 11.4 Å². The Hall–Kier alpha value is -2.36. The summed E-state index contributed by atoms with van der Waals surface area (Å²) >= 11 is 0. The van der Waals surface area contributed by atoms with Crippen molar-refractivity contribution in [2.24, 2.45) is 0 Å². The van der Waals surface area contributed by atoms with Gasteiger partial charge in [-0.25, -0.2) is 4.68 Å². The Morgan fingerprint density at radius 3 is 2.76 bits per heavy atom. The molecular formula is C13H11N3O. The molecule has 4 heteroatoms. The predicted octanol–water partition coefficient (Wildman–Crippen LogP) is 2.43. The highest BCUT2D eigenvalue weighted by Gasteiger charge is 2.09. The van der Waals surface area contributed by atoms with E-state index in [2.05, 4.69) is 10.3 Å². The molecule has 84 valence electrons. The van der Waals surface area contributed by atoms with Crippen molar-refractivity contribution in [3.05, 3.63) is 48.0 Å². The van der Waals surface area contributed by atoms with E-state index in [-0.39, 0.29) is 5.75 Å². The van der Waals surface area contributed by atoms with Crippen LogP contribution in [0.2, 0.25) is 0 Å². The highest BCUT2D eigenvalue weighted by Crippen LogP contribution is 2.24. The van der Waals surface area contributed by atoms with E-state index in [4.69, 9.17) is 0 Å². The molecule has 17 heavy (non-hydrogen) atoms. The van der Waals surface area contributed by atoms with Crippen molar-refractivity contribution in [2.75, 3.05) is 0 Å². The van der Waals surface area contributed by atoms with Crippen LogP contribution in [0, 0.1) is 6.92 Å². The summed E-state index contributed by atoms with van der Waals surface area (Å²) in [6.07, 6.45) is 0. The zero-order valence-corrected chi connectivity index (χ0v) is 9.33. The Balaban J connectivity index is 2.27. The number of phenolic OH excluding ortho intramolecular Hbond substituents is 1. The van der Waals surface area contributed by atoms with E-state index in [1.807, 2.05) is 43.3 Å². The lowest BCUT2D eigenvalue weighted by Gasteiger charge is -2.05. The van der Waals surface area contributed by atoms with E-state index in [1.165, 1.54) is 0 Å². The second kappa shape index (κ2) is 3.59. The minimum atomic E-state index is 0.209. The third-order valence-corrected chi connectivity index (χ3v) is 2.71. The van der Waals surface area contributed by atoms with Crippen LogP contribution in [0.4, 0.5) is 0 Å². The van der Waals surface area contributed by atoms with Gasteiger partial charge >= 0.3 is 0 Å². The monoisotopic (exact) mass is 225 g/mol. The summed E-state index contributed by atoms with van der Waals surface area (Å²) in [5.74, 6) is 0.209. The van der Waals surface area contributed by atoms with Gasteiger partial charge in [-0.3, -0.25) is 0 Å². The minimum Gasteiger partial charge on any atom is -0.506 e. The van der Waals surface area contributed by atoms with Crippen LogP contribution in [0.1, 0.15) is 5.56 Å². The summed E-state index contributed by atoms with van der Waals surface area (Å²) in [4.78, 5) is 0. The zero-order chi connectivity index (χ0) is 11.8. The fourth-order valence-electron chi connectivity index (χ4n) is 1.86. The lowest BCUT2D eigenvalue weighted by atomic mass is 10.2. The number of aryl methyl sites for hydroxylation is 1. The number of aromatic nitrogens is 3. The van der Waals surface area contributed by atoms with Gasteiger partial charge in [-0.2, -0.15) is 0 Å². The molecule has 1 heterocycles. The highest BCUT2D eigenvalue weighted by atomic mass is 16.3. The van der Waals surface area contributed by atoms with Crippen LogP contribution in [0.25, 0.3) is 16.7 Å². The lowest BCUT2D eigenvalue weighted by molar-refractivity contribution is 0.470. The van der Waals surface area contributed by atoms with Gasteiger partial charge in [-0.15, -0.1) is 5.10 Å². The summed E-state index contributed by atoms with van der Waals surface area (Å²) in [5.41, 5.74) is 3.35. The van der Waals surface area contributed by atoms with Gasteiger partial charge in [0.15, 0.2) is 0 Å². The number of hydrogen-bond donors (Lipinski definition) is 1. The summed E-state index contributed by atoms with van der Waals surface area (Å²) in [6.45, 7) is 1.93. The van der Waals surface area contributed by atoms with Gasteiger partial charge in [0.05, 0.1) is 5.52 Å². The normalized spacial score (nSPS) is 10.9. The summed E-state index contributed by atoms with van der Waals surface area (Å²) < 4.78 is 1.64. The van der Waals surface area contributed by atoms with Crippen molar-refractivity contribution in [1.82, 2.24) is 15.0 Å². The maximum Gasteiger partial charge on any atom is 0.141 e. The van der Waals surface area contributed by atoms with Gasteiger partial charge < -0.3 is 5.11 Å². The molecule has 1 aromatic heterocycles. The van der Waals surface area contributed by atoms with Gasteiger partial charge in [-0.1, -0.05) is 23.4 Å². The molecule has 0 saturated carbocycles. The van der Waals surface area contributed by atoms with Crippen LogP contribution in [-0.4, -0.2) is 20.1 Å². The second-order valence-corrected chi connectivity index (χ2v) is 3.98. The molecule has 0 spiro atoms. The highest BCUT2D eigenvalue weighted by molar-refractivity contribution is 5.76. The van der Waals surface area contributed by atoms with E-state index in [0.29, 0.717) is 5.69 Å². The Bertz CT molecular complexity index is 688. The topological polar surface area (TPSA) is 50.9 Å². The van der Waals surface area contributed by atoms with E-state index in [1.54, 1.807) is 10.7 Å². The molecule has 2 aromatic carbocycles. The van der Waals surface area contributed by atoms with E-state index < -0.39 is 0 Å². The third kappa shape index (κ3) is 1.54. The number of phenols is 1. The summed E-state index contributed by atoms with van der Waals surface area (Å²) in [6, 6.07) is 13.1. The number of rotatable bonds is 1. The molecule has 0 fully saturated rings. The summed E-state index contributed by atoms with van der Waals surface area (Å²) in [5, 5.41) is 18.1. The molecule has 0 bridgehead atoms. The van der Waals surface area contributed by atoms with Crippen molar-refractivity contribution < 1.29 is 5.11 Å². The molecular weight excluding hydrogens is 214 g/mol. The van der Waals surface area contributed by atoms with Gasteiger partial charge in [0.1, 0.15) is 17.0 Å². The number of para-hydroxylation sites is 1. The minimum absolute atomic E-state index is 0.209. The van der Waals surface area contributed by atoms with Crippen LogP contribution in [0.5, 0.6) is 5.75 Å². The van der Waals surface area contributed by atoms with Crippen LogP contribution in [0.3, 0.4) is 0 Å². The molecule has 0 atom stereocenters. The number of fused-ring (bicyclic) bond motifs is 1. The molecule has 1 N–H and O–H groups in total. The molecule has 0 aliphatic carbocycles. The molecule has 3 rings (SSSR count). The van der Waals surface area contributed by atoms with Crippen LogP contribution < -0.4 is 0 Å². The molecule has 4 nitrogen and oxygen atoms in total. The van der Waals surface area contributed by atoms with Crippen molar-refractivity contribution in [3.63, 3.8) is 0 Å². The van der Waals surface area contributed by atoms with Crippen LogP contribution in [0.15, 0.2) is 42.5 Å². The number of benzene rings is 2. The SMILES string of the molecule is Cc1ccc(-n2nnc3ccccc32)c(O)c1. The Morgan fingerprint density at radius 1 is 1.12 bits per heavy atom. The average molecular weight is 225 g/mol. The van der Waals surface area contributed by atoms with E-state index in [0.717, 1.165) is 16.6 Å². The Kier molecular flexibility index (Phi) is 2.08. The Labute approximate surface area is 98.1 Å². The fourth-order valence-corrected chi connectivity index (χ4v) is 1.86. The Morgan fingerprint density at radius 2 is 1.94 bits per heavy atom. The average Bonchev–Trinajstić information content (AvgIpc) is 2.73. The van der Waals surface area contributed by atoms with Crippen molar-refractivity contribution >= 4 is 11.0 Å².